The van der Waals surface area contributed by atoms with Gasteiger partial charge in [-0.3, -0.25) is 0 Å². The van der Waals surface area contributed by atoms with E-state index in [4.69, 9.17) is 16.3 Å². The lowest BCUT2D eigenvalue weighted by molar-refractivity contribution is 0.0872. The number of halogens is 2. The SMILES string of the molecule is CCC1OCCC1CNCc1cc(Cl)ccc1F. The van der Waals surface area contributed by atoms with Crippen molar-refractivity contribution in [2.45, 2.75) is 32.4 Å². The summed E-state index contributed by atoms with van der Waals surface area (Å²) in [6.45, 7) is 4.36. The van der Waals surface area contributed by atoms with Crippen molar-refractivity contribution in [2.24, 2.45) is 5.92 Å². The minimum Gasteiger partial charge on any atom is -0.378 e. The Morgan fingerprint density at radius 3 is 3.11 bits per heavy atom. The fourth-order valence-electron chi connectivity index (χ4n) is 2.45. The van der Waals surface area contributed by atoms with Gasteiger partial charge in [-0.25, -0.2) is 4.39 Å². The highest BCUT2D eigenvalue weighted by Crippen LogP contribution is 2.22. The molecule has 0 spiro atoms. The summed E-state index contributed by atoms with van der Waals surface area (Å²) < 4.78 is 19.1. The normalized spacial score (nSPS) is 23.5. The zero-order valence-electron chi connectivity index (χ0n) is 10.6. The summed E-state index contributed by atoms with van der Waals surface area (Å²) in [5.74, 6) is 0.332. The van der Waals surface area contributed by atoms with E-state index >= 15 is 0 Å². The molecule has 18 heavy (non-hydrogen) atoms. The highest BCUT2D eigenvalue weighted by atomic mass is 35.5. The fraction of sp³-hybridized carbons (Fsp3) is 0.571. The molecule has 4 heteroatoms. The first-order valence-corrected chi connectivity index (χ1v) is 6.84. The molecule has 2 nitrogen and oxygen atoms in total. The van der Waals surface area contributed by atoms with E-state index in [0.29, 0.717) is 29.2 Å². The molecule has 2 unspecified atom stereocenters. The molecular weight excluding hydrogens is 253 g/mol. The van der Waals surface area contributed by atoms with Crippen LogP contribution in [0.5, 0.6) is 0 Å². The molecule has 2 atom stereocenters. The third-order valence-corrected chi connectivity index (χ3v) is 3.71. The number of nitrogens with one attached hydrogen (secondary N) is 1. The van der Waals surface area contributed by atoms with E-state index in [2.05, 4.69) is 12.2 Å². The van der Waals surface area contributed by atoms with E-state index in [0.717, 1.165) is 26.0 Å². The van der Waals surface area contributed by atoms with Crippen LogP contribution in [-0.4, -0.2) is 19.3 Å². The third kappa shape index (κ3) is 3.44. The molecular formula is C14H19ClFNO. The highest BCUT2D eigenvalue weighted by Gasteiger charge is 2.25. The second-order valence-electron chi connectivity index (χ2n) is 4.73. The van der Waals surface area contributed by atoms with Crippen LogP contribution in [0.3, 0.4) is 0 Å². The molecule has 1 aromatic rings. The number of benzene rings is 1. The lowest BCUT2D eigenvalue weighted by Crippen LogP contribution is -2.28. The van der Waals surface area contributed by atoms with Gasteiger partial charge in [-0.15, -0.1) is 0 Å². The predicted octanol–water partition coefficient (Wildman–Crippen LogP) is 3.38. The van der Waals surface area contributed by atoms with Crippen LogP contribution in [0.2, 0.25) is 5.02 Å². The van der Waals surface area contributed by atoms with Crippen molar-refractivity contribution in [3.63, 3.8) is 0 Å². The van der Waals surface area contributed by atoms with Gasteiger partial charge in [-0.05, 0) is 37.0 Å². The first-order chi connectivity index (χ1) is 8.70. The Kier molecular flexibility index (Phi) is 4.98. The fourth-order valence-corrected chi connectivity index (χ4v) is 2.64. The first kappa shape index (κ1) is 13.8. The Morgan fingerprint density at radius 1 is 1.50 bits per heavy atom. The van der Waals surface area contributed by atoms with Crippen molar-refractivity contribution in [3.05, 3.63) is 34.6 Å². The molecule has 1 heterocycles. The van der Waals surface area contributed by atoms with E-state index in [1.807, 2.05) is 0 Å². The van der Waals surface area contributed by atoms with Crippen LogP contribution in [0.15, 0.2) is 18.2 Å². The lowest BCUT2D eigenvalue weighted by Gasteiger charge is -2.17. The van der Waals surface area contributed by atoms with E-state index < -0.39 is 0 Å². The number of ether oxygens (including phenoxy) is 1. The second-order valence-corrected chi connectivity index (χ2v) is 5.17. The summed E-state index contributed by atoms with van der Waals surface area (Å²) >= 11 is 5.85. The van der Waals surface area contributed by atoms with Gasteiger partial charge in [0.25, 0.3) is 0 Å². The molecule has 1 aromatic carbocycles. The van der Waals surface area contributed by atoms with Crippen molar-refractivity contribution in [3.8, 4) is 0 Å². The van der Waals surface area contributed by atoms with Crippen molar-refractivity contribution in [1.82, 2.24) is 5.32 Å². The molecule has 1 aliphatic rings. The quantitative estimate of drug-likeness (QED) is 0.886. The average Bonchev–Trinajstić information content (AvgIpc) is 2.81. The summed E-state index contributed by atoms with van der Waals surface area (Å²) in [5, 5.41) is 3.87. The topological polar surface area (TPSA) is 21.3 Å². The monoisotopic (exact) mass is 271 g/mol. The Balaban J connectivity index is 1.83. The maximum atomic E-state index is 13.5. The van der Waals surface area contributed by atoms with Crippen molar-refractivity contribution in [2.75, 3.05) is 13.2 Å². The number of hydrogen-bond donors (Lipinski definition) is 1. The minimum atomic E-state index is -0.207. The maximum absolute atomic E-state index is 13.5. The smallest absolute Gasteiger partial charge is 0.127 e. The zero-order chi connectivity index (χ0) is 13.0. The van der Waals surface area contributed by atoms with Crippen LogP contribution in [0.4, 0.5) is 4.39 Å². The van der Waals surface area contributed by atoms with Crippen LogP contribution in [0.25, 0.3) is 0 Å². The molecule has 0 aromatic heterocycles. The molecule has 0 radical (unpaired) electrons. The summed E-state index contributed by atoms with van der Waals surface area (Å²) in [7, 11) is 0. The number of hydrogen-bond acceptors (Lipinski definition) is 2. The largest absolute Gasteiger partial charge is 0.378 e. The summed E-state index contributed by atoms with van der Waals surface area (Å²) in [4.78, 5) is 0. The Hall–Kier alpha value is -0.640. The molecule has 1 fully saturated rings. The van der Waals surface area contributed by atoms with Crippen molar-refractivity contribution < 1.29 is 9.13 Å². The Labute approximate surface area is 112 Å². The summed E-state index contributed by atoms with van der Waals surface area (Å²) in [5.41, 5.74) is 0.620. The van der Waals surface area contributed by atoms with E-state index in [1.165, 1.54) is 6.07 Å². The number of rotatable bonds is 5. The predicted molar refractivity (Wildman–Crippen MR) is 71.3 cm³/mol. The molecule has 0 bridgehead atoms. The van der Waals surface area contributed by atoms with Gasteiger partial charge in [0.15, 0.2) is 0 Å². The van der Waals surface area contributed by atoms with Crippen molar-refractivity contribution in [1.29, 1.82) is 0 Å². The maximum Gasteiger partial charge on any atom is 0.127 e. The van der Waals surface area contributed by atoms with Gasteiger partial charge in [0.1, 0.15) is 5.82 Å². The van der Waals surface area contributed by atoms with Crippen LogP contribution in [-0.2, 0) is 11.3 Å². The average molecular weight is 272 g/mol. The summed E-state index contributed by atoms with van der Waals surface area (Å²) in [6.07, 6.45) is 2.48. The van der Waals surface area contributed by atoms with Crippen LogP contribution < -0.4 is 5.32 Å². The molecule has 1 N–H and O–H groups in total. The van der Waals surface area contributed by atoms with Gasteiger partial charge in [-0.1, -0.05) is 18.5 Å². The van der Waals surface area contributed by atoms with Gasteiger partial charge in [0.05, 0.1) is 6.10 Å². The van der Waals surface area contributed by atoms with Gasteiger partial charge < -0.3 is 10.1 Å². The Morgan fingerprint density at radius 2 is 2.33 bits per heavy atom. The molecule has 0 aliphatic carbocycles. The van der Waals surface area contributed by atoms with E-state index in [9.17, 15) is 4.39 Å². The zero-order valence-corrected chi connectivity index (χ0v) is 11.3. The Bertz CT molecular complexity index is 399. The van der Waals surface area contributed by atoms with Crippen molar-refractivity contribution >= 4 is 11.6 Å². The molecule has 2 rings (SSSR count). The molecule has 0 amide bonds. The standard InChI is InChI=1S/C14H19ClFNO/c1-2-14-10(5-6-18-14)8-17-9-11-7-12(15)3-4-13(11)16/h3-4,7,10,14,17H,2,5-6,8-9H2,1H3. The van der Waals surface area contributed by atoms with Gasteiger partial charge in [-0.2, -0.15) is 0 Å². The molecule has 1 aliphatic heterocycles. The highest BCUT2D eigenvalue weighted by molar-refractivity contribution is 6.30. The summed E-state index contributed by atoms with van der Waals surface area (Å²) in [6, 6.07) is 4.65. The van der Waals surface area contributed by atoms with Gasteiger partial charge >= 0.3 is 0 Å². The van der Waals surface area contributed by atoms with Crippen LogP contribution >= 0.6 is 11.6 Å². The van der Waals surface area contributed by atoms with E-state index in [-0.39, 0.29) is 5.82 Å². The van der Waals surface area contributed by atoms with Gasteiger partial charge in [0, 0.05) is 30.3 Å². The van der Waals surface area contributed by atoms with E-state index in [1.54, 1.807) is 12.1 Å². The molecule has 1 saturated heterocycles. The molecule has 0 saturated carbocycles. The van der Waals surface area contributed by atoms with Crippen LogP contribution in [0.1, 0.15) is 25.3 Å². The van der Waals surface area contributed by atoms with Gasteiger partial charge in [0.2, 0.25) is 0 Å². The molecule has 100 valence electrons. The first-order valence-electron chi connectivity index (χ1n) is 6.47. The minimum absolute atomic E-state index is 0.207. The third-order valence-electron chi connectivity index (χ3n) is 3.48. The lowest BCUT2D eigenvalue weighted by atomic mass is 9.99. The second kappa shape index (κ2) is 6.50. The van der Waals surface area contributed by atoms with Crippen LogP contribution in [0, 0.1) is 11.7 Å².